The van der Waals surface area contributed by atoms with Crippen molar-refractivity contribution >= 4 is 0 Å². The van der Waals surface area contributed by atoms with E-state index in [1.165, 1.54) is 22.3 Å². The first-order valence-electron chi connectivity index (χ1n) is 7.20. The van der Waals surface area contributed by atoms with Gasteiger partial charge in [0.25, 0.3) is 0 Å². The van der Waals surface area contributed by atoms with Crippen LogP contribution in [0.25, 0.3) is 0 Å². The van der Waals surface area contributed by atoms with Crippen LogP contribution in [0, 0.1) is 32.6 Å². The van der Waals surface area contributed by atoms with Crippen LogP contribution in [0.2, 0.25) is 0 Å². The molecule has 0 heterocycles. The molecule has 1 atom stereocenters. The van der Waals surface area contributed by atoms with Gasteiger partial charge in [-0.3, -0.25) is 0 Å². The fourth-order valence-electron chi connectivity index (χ4n) is 2.70. The summed E-state index contributed by atoms with van der Waals surface area (Å²) >= 11 is 0. The summed E-state index contributed by atoms with van der Waals surface area (Å²) < 4.78 is 5.68. The van der Waals surface area contributed by atoms with Crippen LogP contribution >= 0.6 is 0 Å². The molecule has 0 aliphatic heterocycles. The maximum Gasteiger partial charge on any atom is 0.125 e. The second-order valence-electron chi connectivity index (χ2n) is 5.91. The third kappa shape index (κ3) is 3.73. The first-order valence-corrected chi connectivity index (χ1v) is 7.20. The van der Waals surface area contributed by atoms with Crippen molar-refractivity contribution in [2.45, 2.75) is 41.0 Å². The number of aryl methyl sites for hydroxylation is 2. The first-order chi connectivity index (χ1) is 8.92. The molecule has 19 heavy (non-hydrogen) atoms. The third-order valence-electron chi connectivity index (χ3n) is 4.19. The number of hydrogen-bond donors (Lipinski definition) is 1. The van der Waals surface area contributed by atoms with Gasteiger partial charge in [0.05, 0.1) is 7.11 Å². The molecule has 2 heteroatoms. The van der Waals surface area contributed by atoms with Gasteiger partial charge in [-0.15, -0.1) is 0 Å². The van der Waals surface area contributed by atoms with Crippen molar-refractivity contribution in [1.82, 2.24) is 5.32 Å². The Balaban J connectivity index is 3.15. The van der Waals surface area contributed by atoms with Crippen LogP contribution in [0.4, 0.5) is 0 Å². The van der Waals surface area contributed by atoms with E-state index in [1.807, 2.05) is 7.05 Å². The van der Waals surface area contributed by atoms with Crippen molar-refractivity contribution in [2.75, 3.05) is 20.7 Å². The summed E-state index contributed by atoms with van der Waals surface area (Å²) in [6.07, 6.45) is 1.08. The van der Waals surface area contributed by atoms with E-state index in [4.69, 9.17) is 4.74 Å². The largest absolute Gasteiger partial charge is 0.496 e. The molecule has 0 aliphatic carbocycles. The van der Waals surface area contributed by atoms with E-state index in [9.17, 15) is 0 Å². The maximum atomic E-state index is 5.68. The van der Waals surface area contributed by atoms with Gasteiger partial charge in [-0.25, -0.2) is 0 Å². The summed E-state index contributed by atoms with van der Waals surface area (Å²) in [5, 5.41) is 3.31. The fraction of sp³-hybridized carbons (Fsp3) is 0.647. The third-order valence-corrected chi connectivity index (χ3v) is 4.19. The van der Waals surface area contributed by atoms with Gasteiger partial charge in [0, 0.05) is 0 Å². The van der Waals surface area contributed by atoms with Crippen LogP contribution in [0.3, 0.4) is 0 Å². The molecule has 1 aromatic carbocycles. The van der Waals surface area contributed by atoms with Crippen LogP contribution in [0.1, 0.15) is 36.1 Å². The van der Waals surface area contributed by atoms with Crippen molar-refractivity contribution in [3.05, 3.63) is 28.3 Å². The highest BCUT2D eigenvalue weighted by atomic mass is 16.5. The normalized spacial score (nSPS) is 12.8. The molecule has 2 nitrogen and oxygen atoms in total. The Morgan fingerprint density at radius 2 is 1.79 bits per heavy atom. The molecule has 0 aromatic heterocycles. The molecular weight excluding hydrogens is 234 g/mol. The molecule has 0 aliphatic rings. The maximum absolute atomic E-state index is 5.68. The van der Waals surface area contributed by atoms with E-state index in [-0.39, 0.29) is 0 Å². The number of benzene rings is 1. The highest BCUT2D eigenvalue weighted by molar-refractivity contribution is 5.49. The van der Waals surface area contributed by atoms with Crippen LogP contribution in [0.15, 0.2) is 6.07 Å². The quantitative estimate of drug-likeness (QED) is 0.846. The summed E-state index contributed by atoms with van der Waals surface area (Å²) in [6, 6.07) is 2.28. The lowest BCUT2D eigenvalue weighted by atomic mass is 9.86. The number of hydrogen-bond acceptors (Lipinski definition) is 2. The molecule has 108 valence electrons. The van der Waals surface area contributed by atoms with Gasteiger partial charge in [0.15, 0.2) is 0 Å². The molecule has 1 unspecified atom stereocenters. The lowest BCUT2D eigenvalue weighted by Crippen LogP contribution is -2.25. The average Bonchev–Trinajstić information content (AvgIpc) is 2.35. The Kier molecular flexibility index (Phi) is 5.86. The zero-order chi connectivity index (χ0) is 14.6. The highest BCUT2D eigenvalue weighted by Gasteiger charge is 2.19. The SMILES string of the molecule is CNCC(Cc1c(C)cc(C)c(C)c1OC)C(C)C. The summed E-state index contributed by atoms with van der Waals surface area (Å²) in [6.45, 7) is 12.1. The van der Waals surface area contributed by atoms with Gasteiger partial charge >= 0.3 is 0 Å². The average molecular weight is 263 g/mol. The number of rotatable bonds is 6. The Hall–Kier alpha value is -1.02. The second-order valence-corrected chi connectivity index (χ2v) is 5.91. The van der Waals surface area contributed by atoms with Crippen molar-refractivity contribution in [1.29, 1.82) is 0 Å². The van der Waals surface area contributed by atoms with Gasteiger partial charge in [-0.05, 0) is 74.9 Å². The minimum absolute atomic E-state index is 0.639. The Morgan fingerprint density at radius 1 is 1.16 bits per heavy atom. The van der Waals surface area contributed by atoms with Gasteiger partial charge in [-0.2, -0.15) is 0 Å². The van der Waals surface area contributed by atoms with E-state index in [2.05, 4.69) is 46.0 Å². The summed E-state index contributed by atoms with van der Waals surface area (Å²) in [5.74, 6) is 2.39. The minimum Gasteiger partial charge on any atom is -0.496 e. The molecule has 0 fully saturated rings. The molecule has 0 radical (unpaired) electrons. The number of nitrogens with one attached hydrogen (secondary N) is 1. The standard InChI is InChI=1S/C17H29NO/c1-11(2)15(10-18-6)9-16-13(4)8-12(3)14(5)17(16)19-7/h8,11,15,18H,9-10H2,1-7H3. The lowest BCUT2D eigenvalue weighted by Gasteiger charge is -2.24. The molecule has 0 saturated carbocycles. The topological polar surface area (TPSA) is 21.3 Å². The van der Waals surface area contributed by atoms with Crippen LogP contribution in [-0.2, 0) is 6.42 Å². The monoisotopic (exact) mass is 263 g/mol. The Labute approximate surface area is 118 Å². The highest BCUT2D eigenvalue weighted by Crippen LogP contribution is 2.32. The molecule has 0 bridgehead atoms. The molecular formula is C17H29NO. The van der Waals surface area contributed by atoms with E-state index in [0.29, 0.717) is 11.8 Å². The summed E-state index contributed by atoms with van der Waals surface area (Å²) in [7, 11) is 3.81. The summed E-state index contributed by atoms with van der Waals surface area (Å²) in [4.78, 5) is 0. The van der Waals surface area contributed by atoms with Gasteiger partial charge in [0.2, 0.25) is 0 Å². The van der Waals surface area contributed by atoms with Crippen LogP contribution in [0.5, 0.6) is 5.75 Å². The number of ether oxygens (including phenoxy) is 1. The second kappa shape index (κ2) is 6.95. The van der Waals surface area contributed by atoms with E-state index >= 15 is 0 Å². The van der Waals surface area contributed by atoms with Gasteiger partial charge in [-0.1, -0.05) is 19.9 Å². The number of methoxy groups -OCH3 is 1. The molecule has 0 saturated heterocycles. The summed E-state index contributed by atoms with van der Waals surface area (Å²) in [5.41, 5.74) is 5.31. The molecule has 1 rings (SSSR count). The van der Waals surface area contributed by atoms with Crippen molar-refractivity contribution in [3.63, 3.8) is 0 Å². The molecule has 1 aromatic rings. The Bertz CT molecular complexity index is 424. The molecule has 0 amide bonds. The zero-order valence-electron chi connectivity index (χ0n) is 13.6. The van der Waals surface area contributed by atoms with Crippen molar-refractivity contribution in [3.8, 4) is 5.75 Å². The minimum atomic E-state index is 0.639. The van der Waals surface area contributed by atoms with Crippen LogP contribution < -0.4 is 10.1 Å². The van der Waals surface area contributed by atoms with Crippen molar-refractivity contribution in [2.24, 2.45) is 11.8 Å². The van der Waals surface area contributed by atoms with Gasteiger partial charge in [0.1, 0.15) is 5.75 Å². The predicted octanol–water partition coefficient (Wildman–Crippen LogP) is 3.65. The zero-order valence-corrected chi connectivity index (χ0v) is 13.6. The van der Waals surface area contributed by atoms with Crippen molar-refractivity contribution < 1.29 is 4.74 Å². The van der Waals surface area contributed by atoms with Gasteiger partial charge < -0.3 is 10.1 Å². The molecule has 1 N–H and O–H groups in total. The predicted molar refractivity (Wildman–Crippen MR) is 83.2 cm³/mol. The Morgan fingerprint density at radius 3 is 2.26 bits per heavy atom. The first kappa shape index (κ1) is 16.0. The lowest BCUT2D eigenvalue weighted by molar-refractivity contribution is 0.356. The molecule has 0 spiro atoms. The van der Waals surface area contributed by atoms with E-state index < -0.39 is 0 Å². The smallest absolute Gasteiger partial charge is 0.125 e. The fourth-order valence-corrected chi connectivity index (χ4v) is 2.70. The van der Waals surface area contributed by atoms with Crippen LogP contribution in [-0.4, -0.2) is 20.7 Å². The van der Waals surface area contributed by atoms with E-state index in [1.54, 1.807) is 7.11 Å². The van der Waals surface area contributed by atoms with E-state index in [0.717, 1.165) is 18.7 Å².